The van der Waals surface area contributed by atoms with Gasteiger partial charge in [-0.3, -0.25) is 15.2 Å². The summed E-state index contributed by atoms with van der Waals surface area (Å²) < 4.78 is 5.71. The van der Waals surface area contributed by atoms with Crippen molar-refractivity contribution in [3.63, 3.8) is 0 Å². The summed E-state index contributed by atoms with van der Waals surface area (Å²) in [6.07, 6.45) is 0.801. The number of aryl methyl sites for hydroxylation is 2. The molecule has 2 rings (SSSR count). The number of hydrogen-bond acceptors (Lipinski definition) is 6. The molecular formula is C13H16N4O2S. The van der Waals surface area contributed by atoms with Crippen LogP contribution in [-0.2, 0) is 13.0 Å². The van der Waals surface area contributed by atoms with Crippen LogP contribution >= 0.6 is 11.3 Å². The maximum Gasteiger partial charge on any atom is 0.294 e. The highest BCUT2D eigenvalue weighted by Crippen LogP contribution is 2.19. The molecule has 0 saturated heterocycles. The van der Waals surface area contributed by atoms with Gasteiger partial charge in [0.2, 0.25) is 0 Å². The van der Waals surface area contributed by atoms with Crippen molar-refractivity contribution in [3.05, 3.63) is 39.6 Å². The molecule has 0 aromatic carbocycles. The van der Waals surface area contributed by atoms with Gasteiger partial charge in [-0.1, -0.05) is 6.92 Å². The zero-order chi connectivity index (χ0) is 14.5. The lowest BCUT2D eigenvalue weighted by Gasteiger charge is -2.09. The van der Waals surface area contributed by atoms with E-state index in [-0.39, 0.29) is 0 Å². The molecule has 2 aromatic heterocycles. The number of nitrogen functional groups attached to an aromatic ring is 1. The number of aromatic nitrogens is 2. The van der Waals surface area contributed by atoms with Crippen molar-refractivity contribution in [1.29, 1.82) is 0 Å². The maximum absolute atomic E-state index is 11.3. The van der Waals surface area contributed by atoms with E-state index in [0.29, 0.717) is 17.3 Å². The van der Waals surface area contributed by atoms with Crippen LogP contribution in [0.25, 0.3) is 0 Å². The van der Waals surface area contributed by atoms with Gasteiger partial charge in [0.15, 0.2) is 5.01 Å². The number of nitrogens with zero attached hydrogens (tertiary/aromatic N) is 2. The number of thiazole rings is 1. The van der Waals surface area contributed by atoms with Gasteiger partial charge < -0.3 is 4.74 Å². The second-order valence-electron chi connectivity index (χ2n) is 4.16. The Morgan fingerprint density at radius 2 is 2.25 bits per heavy atom. The fraction of sp³-hybridized carbons (Fsp3) is 0.308. The minimum Gasteiger partial charge on any atom is -0.485 e. The van der Waals surface area contributed by atoms with Crippen LogP contribution in [0, 0.1) is 6.92 Å². The minimum atomic E-state index is -0.396. The summed E-state index contributed by atoms with van der Waals surface area (Å²) in [5.74, 6) is 5.41. The molecule has 0 fully saturated rings. The Morgan fingerprint density at radius 3 is 2.95 bits per heavy atom. The number of pyridine rings is 1. The van der Waals surface area contributed by atoms with E-state index in [1.165, 1.54) is 11.3 Å². The third-order valence-electron chi connectivity index (χ3n) is 2.66. The summed E-state index contributed by atoms with van der Waals surface area (Å²) in [7, 11) is 0. The lowest BCUT2D eigenvalue weighted by molar-refractivity contribution is 0.0953. The first kappa shape index (κ1) is 14.4. The van der Waals surface area contributed by atoms with E-state index in [9.17, 15) is 4.79 Å². The quantitative estimate of drug-likeness (QED) is 0.496. The molecule has 6 nitrogen and oxygen atoms in total. The van der Waals surface area contributed by atoms with E-state index in [1.54, 1.807) is 5.38 Å². The van der Waals surface area contributed by atoms with Gasteiger partial charge in [0, 0.05) is 11.1 Å². The van der Waals surface area contributed by atoms with Gasteiger partial charge >= 0.3 is 0 Å². The van der Waals surface area contributed by atoms with Crippen LogP contribution in [-0.4, -0.2) is 15.9 Å². The summed E-state index contributed by atoms with van der Waals surface area (Å²) in [6, 6.07) is 3.81. The fourth-order valence-electron chi connectivity index (χ4n) is 1.67. The summed E-state index contributed by atoms with van der Waals surface area (Å²) in [6.45, 7) is 4.27. The molecule has 0 unspecified atom stereocenters. The Morgan fingerprint density at radius 1 is 1.45 bits per heavy atom. The van der Waals surface area contributed by atoms with Crippen LogP contribution in [0.4, 0.5) is 0 Å². The second-order valence-corrected chi connectivity index (χ2v) is 5.02. The van der Waals surface area contributed by atoms with E-state index >= 15 is 0 Å². The topological polar surface area (TPSA) is 90.1 Å². The number of nitrogens with two attached hydrogens (primary N) is 1. The minimum absolute atomic E-state index is 0.298. The first-order chi connectivity index (χ1) is 9.63. The molecule has 2 aromatic rings. The smallest absolute Gasteiger partial charge is 0.294 e. The van der Waals surface area contributed by atoms with Crippen molar-refractivity contribution >= 4 is 17.2 Å². The van der Waals surface area contributed by atoms with Gasteiger partial charge in [-0.15, -0.1) is 11.3 Å². The van der Waals surface area contributed by atoms with Gasteiger partial charge in [-0.25, -0.2) is 10.8 Å². The van der Waals surface area contributed by atoms with Crippen molar-refractivity contribution in [3.8, 4) is 5.75 Å². The van der Waals surface area contributed by atoms with Gasteiger partial charge in [0.25, 0.3) is 5.91 Å². The summed E-state index contributed by atoms with van der Waals surface area (Å²) in [4.78, 5) is 19.9. The number of carbonyl (C=O) groups excluding carboxylic acids is 1. The van der Waals surface area contributed by atoms with Crippen LogP contribution in [0.2, 0.25) is 0 Å². The average molecular weight is 292 g/mol. The number of rotatable bonds is 5. The number of carbonyl (C=O) groups is 1. The highest BCUT2D eigenvalue weighted by Gasteiger charge is 2.10. The standard InChI is InChI=1S/C13H16N4O2S/c1-3-10-11(5-4-8(2)15-10)19-6-9-7-20-13(16-9)12(18)17-14/h4-5,7H,3,6,14H2,1-2H3,(H,17,18). The Balaban J connectivity index is 2.05. The number of hydrazine groups is 1. The Kier molecular flexibility index (Phi) is 4.65. The zero-order valence-corrected chi connectivity index (χ0v) is 12.2. The highest BCUT2D eigenvalue weighted by atomic mass is 32.1. The van der Waals surface area contributed by atoms with Gasteiger partial charge in [-0.05, 0) is 25.5 Å². The van der Waals surface area contributed by atoms with Crippen molar-refractivity contribution in [2.24, 2.45) is 5.84 Å². The second kappa shape index (κ2) is 6.44. The van der Waals surface area contributed by atoms with Crippen molar-refractivity contribution in [2.75, 3.05) is 0 Å². The van der Waals surface area contributed by atoms with Crippen LogP contribution in [0.5, 0.6) is 5.75 Å². The molecule has 0 atom stereocenters. The lowest BCUT2D eigenvalue weighted by atomic mass is 10.2. The van der Waals surface area contributed by atoms with Crippen LogP contribution in [0.15, 0.2) is 17.5 Å². The van der Waals surface area contributed by atoms with E-state index < -0.39 is 5.91 Å². The molecule has 2 heterocycles. The van der Waals surface area contributed by atoms with Crippen molar-refractivity contribution in [1.82, 2.24) is 15.4 Å². The fourth-order valence-corrected chi connectivity index (χ4v) is 2.38. The predicted molar refractivity (Wildman–Crippen MR) is 76.5 cm³/mol. The molecule has 1 amide bonds. The van der Waals surface area contributed by atoms with E-state index in [0.717, 1.165) is 23.6 Å². The third-order valence-corrected chi connectivity index (χ3v) is 3.55. The normalized spacial score (nSPS) is 10.3. The first-order valence-corrected chi connectivity index (χ1v) is 7.06. The first-order valence-electron chi connectivity index (χ1n) is 6.18. The molecule has 0 aliphatic heterocycles. The molecule has 0 radical (unpaired) electrons. The molecule has 20 heavy (non-hydrogen) atoms. The van der Waals surface area contributed by atoms with Gasteiger partial charge in [-0.2, -0.15) is 0 Å². The summed E-state index contributed by atoms with van der Waals surface area (Å²) >= 11 is 1.23. The maximum atomic E-state index is 11.3. The lowest BCUT2D eigenvalue weighted by Crippen LogP contribution is -2.29. The molecule has 0 aliphatic rings. The van der Waals surface area contributed by atoms with Crippen molar-refractivity contribution in [2.45, 2.75) is 26.9 Å². The third kappa shape index (κ3) is 3.31. The van der Waals surface area contributed by atoms with Crippen LogP contribution in [0.3, 0.4) is 0 Å². The van der Waals surface area contributed by atoms with E-state index in [2.05, 4.69) is 15.4 Å². The average Bonchev–Trinajstić information content (AvgIpc) is 2.93. The molecule has 0 aliphatic carbocycles. The molecule has 0 spiro atoms. The van der Waals surface area contributed by atoms with Gasteiger partial charge in [0.05, 0.1) is 11.4 Å². The molecule has 0 saturated carbocycles. The summed E-state index contributed by atoms with van der Waals surface area (Å²) in [5.41, 5.74) is 4.62. The number of amides is 1. The van der Waals surface area contributed by atoms with Gasteiger partial charge in [0.1, 0.15) is 12.4 Å². The van der Waals surface area contributed by atoms with Crippen LogP contribution < -0.4 is 16.0 Å². The molecular weight excluding hydrogens is 276 g/mol. The Labute approximate surface area is 121 Å². The van der Waals surface area contributed by atoms with E-state index in [4.69, 9.17) is 10.6 Å². The Hall–Kier alpha value is -1.99. The molecule has 0 bridgehead atoms. The molecule has 7 heteroatoms. The van der Waals surface area contributed by atoms with E-state index in [1.807, 2.05) is 26.0 Å². The summed E-state index contributed by atoms with van der Waals surface area (Å²) in [5, 5.41) is 2.10. The monoisotopic (exact) mass is 292 g/mol. The predicted octanol–water partition coefficient (Wildman–Crippen LogP) is 1.59. The largest absolute Gasteiger partial charge is 0.485 e. The SMILES string of the molecule is CCc1nc(C)ccc1OCc1csc(C(=O)NN)n1. The number of nitrogens with one attached hydrogen (secondary N) is 1. The number of ether oxygens (including phenoxy) is 1. The molecule has 3 N–H and O–H groups in total. The van der Waals surface area contributed by atoms with Crippen molar-refractivity contribution < 1.29 is 9.53 Å². The zero-order valence-electron chi connectivity index (χ0n) is 11.3. The highest BCUT2D eigenvalue weighted by molar-refractivity contribution is 7.11. The number of hydrogen-bond donors (Lipinski definition) is 2. The Bertz CT molecular complexity index is 612. The molecule has 106 valence electrons. The van der Waals surface area contributed by atoms with Crippen LogP contribution in [0.1, 0.15) is 33.8 Å².